The molecule has 8 heteroatoms. The van der Waals surface area contributed by atoms with Crippen LogP contribution in [0.4, 0.5) is 0 Å². The summed E-state index contributed by atoms with van der Waals surface area (Å²) in [6.07, 6.45) is 5.12. The number of rotatable bonds is 3. The quantitative estimate of drug-likeness (QED) is 0.385. The lowest BCUT2D eigenvalue weighted by atomic mass is 9.86. The molecule has 1 aromatic heterocycles. The molecule has 6 nitrogen and oxygen atoms in total. The minimum absolute atomic E-state index is 0.0289. The first-order valence-corrected chi connectivity index (χ1v) is 9.22. The molecule has 0 N–H and O–H groups in total. The molecule has 0 bridgehead atoms. The number of carbonyl (C=O) groups is 3. The van der Waals surface area contributed by atoms with Gasteiger partial charge in [-0.2, -0.15) is 0 Å². The molecule has 0 radical (unpaired) electrons. The van der Waals surface area contributed by atoms with Crippen molar-refractivity contribution in [2.45, 2.75) is 0 Å². The Labute approximate surface area is 164 Å². The number of nitrogens with zero attached hydrogens (tertiary/aromatic N) is 2. The van der Waals surface area contributed by atoms with Gasteiger partial charge < -0.3 is 9.30 Å². The van der Waals surface area contributed by atoms with E-state index in [-0.39, 0.29) is 28.2 Å². The maximum Gasteiger partial charge on any atom is 0.241 e. The summed E-state index contributed by atoms with van der Waals surface area (Å²) in [5.74, 6) is -2.19. The van der Waals surface area contributed by atoms with Gasteiger partial charge in [0.05, 0.1) is 26.8 Å². The largest absolute Gasteiger partial charge is 0.491 e. The highest BCUT2D eigenvalue weighted by Gasteiger charge is 2.45. The van der Waals surface area contributed by atoms with Crippen molar-refractivity contribution in [1.29, 1.82) is 0 Å². The molecule has 1 atom stereocenters. The van der Waals surface area contributed by atoms with Gasteiger partial charge in [-0.3, -0.25) is 14.4 Å². The minimum atomic E-state index is -0.798. The van der Waals surface area contributed by atoms with Crippen LogP contribution in [0.5, 0.6) is 0 Å². The molecule has 0 saturated heterocycles. The van der Waals surface area contributed by atoms with E-state index in [0.717, 1.165) is 5.69 Å². The third-order valence-corrected chi connectivity index (χ3v) is 6.35. The van der Waals surface area contributed by atoms with Crippen molar-refractivity contribution in [3.05, 3.63) is 68.8 Å². The fraction of sp³-hybridized carbons (Fsp3) is 0.111. The van der Waals surface area contributed by atoms with Gasteiger partial charge in [0.1, 0.15) is 12.4 Å². The van der Waals surface area contributed by atoms with Crippen LogP contribution in [0.2, 0.25) is 0 Å². The van der Waals surface area contributed by atoms with E-state index in [9.17, 15) is 14.4 Å². The van der Waals surface area contributed by atoms with E-state index < -0.39 is 17.5 Å². The second-order valence-corrected chi connectivity index (χ2v) is 7.36. The molecule has 4 rings (SSSR count). The number of hydrogen-bond acceptors (Lipinski definition) is 5. The van der Waals surface area contributed by atoms with Gasteiger partial charge in [0, 0.05) is 23.6 Å². The SMILES string of the molecule is O=C1C(=O)C2=C(OCC2C(=O)c2ccc(-n3ccnc3)cc2)C(Br)=C1Br. The number of halogens is 2. The molecular weight excluding hydrogens is 468 g/mol. The third kappa shape index (κ3) is 2.60. The summed E-state index contributed by atoms with van der Waals surface area (Å²) in [5.41, 5.74) is 1.43. The van der Waals surface area contributed by atoms with Gasteiger partial charge in [0.25, 0.3) is 0 Å². The number of carbonyl (C=O) groups excluding carboxylic acids is 3. The zero-order chi connectivity index (χ0) is 18.4. The average molecular weight is 478 g/mol. The van der Waals surface area contributed by atoms with Gasteiger partial charge >= 0.3 is 0 Å². The summed E-state index contributed by atoms with van der Waals surface area (Å²) in [6, 6.07) is 6.96. The van der Waals surface area contributed by atoms with Crippen LogP contribution < -0.4 is 0 Å². The molecule has 130 valence electrons. The number of Topliss-reactive ketones (excluding diaryl/α,β-unsaturated/α-hetero) is 3. The maximum atomic E-state index is 12.9. The number of benzene rings is 1. The van der Waals surface area contributed by atoms with Gasteiger partial charge in [-0.1, -0.05) is 0 Å². The molecule has 1 aromatic carbocycles. The monoisotopic (exact) mass is 476 g/mol. The molecule has 0 saturated carbocycles. The van der Waals surface area contributed by atoms with Crippen molar-refractivity contribution in [1.82, 2.24) is 9.55 Å². The Morgan fingerprint density at radius 2 is 1.85 bits per heavy atom. The van der Waals surface area contributed by atoms with Crippen molar-refractivity contribution in [3.8, 4) is 5.69 Å². The Morgan fingerprint density at radius 1 is 1.12 bits per heavy atom. The van der Waals surface area contributed by atoms with Crippen LogP contribution >= 0.6 is 31.9 Å². The Morgan fingerprint density at radius 3 is 2.50 bits per heavy atom. The maximum absolute atomic E-state index is 12.9. The second-order valence-electron chi connectivity index (χ2n) is 5.77. The number of allylic oxidation sites excluding steroid dienone is 2. The summed E-state index contributed by atoms with van der Waals surface area (Å²) >= 11 is 6.33. The zero-order valence-electron chi connectivity index (χ0n) is 13.1. The molecule has 0 amide bonds. The lowest BCUT2D eigenvalue weighted by Gasteiger charge is -2.14. The van der Waals surface area contributed by atoms with Crippen molar-refractivity contribution in [2.75, 3.05) is 6.61 Å². The lowest BCUT2D eigenvalue weighted by Crippen LogP contribution is -2.28. The van der Waals surface area contributed by atoms with E-state index in [2.05, 4.69) is 36.8 Å². The van der Waals surface area contributed by atoms with E-state index >= 15 is 0 Å². The van der Waals surface area contributed by atoms with Gasteiger partial charge in [0.15, 0.2) is 5.78 Å². The van der Waals surface area contributed by atoms with Gasteiger partial charge in [-0.15, -0.1) is 0 Å². The van der Waals surface area contributed by atoms with E-state index in [0.29, 0.717) is 10.0 Å². The summed E-state index contributed by atoms with van der Waals surface area (Å²) in [6.45, 7) is 0.0289. The van der Waals surface area contributed by atoms with Crippen LogP contribution in [-0.4, -0.2) is 33.5 Å². The van der Waals surface area contributed by atoms with Crippen LogP contribution in [0.15, 0.2) is 63.3 Å². The van der Waals surface area contributed by atoms with Gasteiger partial charge in [-0.05, 0) is 56.1 Å². The molecule has 1 aliphatic heterocycles. The number of imidazole rings is 1. The topological polar surface area (TPSA) is 78.3 Å². The molecule has 1 aliphatic carbocycles. The molecular formula is C18H10Br2N2O4. The van der Waals surface area contributed by atoms with Gasteiger partial charge in [-0.25, -0.2) is 4.98 Å². The summed E-state index contributed by atoms with van der Waals surface area (Å²) < 4.78 is 7.82. The highest BCUT2D eigenvalue weighted by molar-refractivity contribution is 9.14. The number of ketones is 3. The van der Waals surface area contributed by atoms with E-state index in [1.807, 2.05) is 4.57 Å². The van der Waals surface area contributed by atoms with E-state index in [1.165, 1.54) is 0 Å². The van der Waals surface area contributed by atoms with Crippen molar-refractivity contribution in [2.24, 2.45) is 5.92 Å². The fourth-order valence-electron chi connectivity index (χ4n) is 2.97. The summed E-state index contributed by atoms with van der Waals surface area (Å²) in [7, 11) is 0. The van der Waals surface area contributed by atoms with Crippen molar-refractivity contribution >= 4 is 49.2 Å². The zero-order valence-corrected chi connectivity index (χ0v) is 16.3. The molecule has 2 aromatic rings. The summed E-state index contributed by atoms with van der Waals surface area (Å²) in [5, 5.41) is 0. The Hall–Kier alpha value is -2.32. The predicted octanol–water partition coefficient (Wildman–Crippen LogP) is 3.11. The smallest absolute Gasteiger partial charge is 0.241 e. The van der Waals surface area contributed by atoms with Crippen LogP contribution in [0, 0.1) is 5.92 Å². The summed E-state index contributed by atoms with van der Waals surface area (Å²) in [4.78, 5) is 41.3. The second kappa shape index (κ2) is 6.44. The van der Waals surface area contributed by atoms with Crippen LogP contribution in [0.25, 0.3) is 5.69 Å². The first-order chi connectivity index (χ1) is 12.5. The van der Waals surface area contributed by atoms with Crippen molar-refractivity contribution < 1.29 is 19.1 Å². The van der Waals surface area contributed by atoms with Crippen LogP contribution in [0.1, 0.15) is 10.4 Å². The highest BCUT2D eigenvalue weighted by Crippen LogP contribution is 2.41. The molecule has 26 heavy (non-hydrogen) atoms. The first kappa shape index (κ1) is 17.1. The van der Waals surface area contributed by atoms with Gasteiger partial charge in [0.2, 0.25) is 11.6 Å². The Bertz CT molecular complexity index is 1000. The minimum Gasteiger partial charge on any atom is -0.491 e. The number of ether oxygens (including phenoxy) is 1. The van der Waals surface area contributed by atoms with Crippen LogP contribution in [0.3, 0.4) is 0 Å². The Balaban J connectivity index is 1.66. The number of hydrogen-bond donors (Lipinski definition) is 0. The first-order valence-electron chi connectivity index (χ1n) is 7.63. The van der Waals surface area contributed by atoms with E-state index in [4.69, 9.17) is 4.74 Å². The molecule has 0 fully saturated rings. The molecule has 0 spiro atoms. The normalized spacial score (nSPS) is 19.7. The average Bonchev–Trinajstić information content (AvgIpc) is 3.34. The molecule has 2 heterocycles. The predicted molar refractivity (Wildman–Crippen MR) is 99.3 cm³/mol. The number of aromatic nitrogens is 2. The standard InChI is InChI=1S/C18H10Br2N2O4/c19-13-14(20)18-12(16(24)17(13)25)11(7-26-18)15(23)9-1-3-10(4-2-9)22-6-5-21-8-22/h1-6,8,11H,7H2. The highest BCUT2D eigenvalue weighted by atomic mass is 79.9. The molecule has 2 aliphatic rings. The van der Waals surface area contributed by atoms with Crippen molar-refractivity contribution in [3.63, 3.8) is 0 Å². The Kier molecular flexibility index (Phi) is 4.24. The lowest BCUT2D eigenvalue weighted by molar-refractivity contribution is -0.132. The fourth-order valence-corrected chi connectivity index (χ4v) is 3.84. The third-order valence-electron chi connectivity index (χ3n) is 4.30. The van der Waals surface area contributed by atoms with Crippen LogP contribution in [-0.2, 0) is 14.3 Å². The molecule has 1 unspecified atom stereocenters. The van der Waals surface area contributed by atoms with E-state index in [1.54, 1.807) is 43.0 Å².